The number of ether oxygens (including phenoxy) is 2. The Labute approximate surface area is 168 Å². The summed E-state index contributed by atoms with van der Waals surface area (Å²) in [6, 6.07) is 24.9. The fraction of sp³-hybridized carbons (Fsp3) is 0.0400. The van der Waals surface area contributed by atoms with Crippen LogP contribution >= 0.6 is 0 Å². The summed E-state index contributed by atoms with van der Waals surface area (Å²) in [6.45, 7) is 1.34. The van der Waals surface area contributed by atoms with Gasteiger partial charge in [-0.1, -0.05) is 66.7 Å². The van der Waals surface area contributed by atoms with Crippen molar-refractivity contribution >= 4 is 23.8 Å². The molecule has 0 unspecified atom stereocenters. The maximum Gasteiger partial charge on any atom is 0.343 e. The lowest BCUT2D eigenvalue weighted by atomic mass is 10.0. The van der Waals surface area contributed by atoms with E-state index in [1.54, 1.807) is 30.4 Å². The van der Waals surface area contributed by atoms with E-state index >= 15 is 0 Å². The van der Waals surface area contributed by atoms with E-state index in [-0.39, 0.29) is 0 Å². The molecule has 4 rings (SSSR count). The molecular weight excluding hydrogens is 364 g/mol. The molecule has 0 amide bonds. The minimum Gasteiger partial charge on any atom is -0.427 e. The van der Waals surface area contributed by atoms with Gasteiger partial charge in [-0.05, 0) is 41.0 Å². The first-order valence-corrected chi connectivity index (χ1v) is 9.18. The van der Waals surface area contributed by atoms with Crippen molar-refractivity contribution in [1.82, 2.24) is 0 Å². The molecule has 142 valence electrons. The summed E-state index contributed by atoms with van der Waals surface area (Å²) >= 11 is 0. The minimum atomic E-state index is -0.412. The smallest absolute Gasteiger partial charge is 0.343 e. The van der Waals surface area contributed by atoms with E-state index in [2.05, 4.69) is 12.1 Å². The van der Waals surface area contributed by atoms with Crippen LogP contribution in [0.1, 0.15) is 18.1 Å². The van der Waals surface area contributed by atoms with Gasteiger partial charge in [0.1, 0.15) is 11.5 Å². The normalized spacial score (nSPS) is 14.4. The van der Waals surface area contributed by atoms with Crippen molar-refractivity contribution in [2.24, 2.45) is 0 Å². The quantitative estimate of drug-likeness (QED) is 0.351. The number of cyclic esters (lactones) is 1. The fourth-order valence-corrected chi connectivity index (χ4v) is 3.10. The minimum absolute atomic E-state index is 0.392. The summed E-state index contributed by atoms with van der Waals surface area (Å²) in [7, 11) is 0. The highest BCUT2D eigenvalue weighted by molar-refractivity contribution is 6.05. The fourth-order valence-electron chi connectivity index (χ4n) is 3.10. The van der Waals surface area contributed by atoms with E-state index in [0.29, 0.717) is 17.1 Å². The summed E-state index contributed by atoms with van der Waals surface area (Å²) in [6.07, 6.45) is 3.43. The third kappa shape index (κ3) is 4.33. The third-order valence-electron chi connectivity index (χ3n) is 4.44. The summed E-state index contributed by atoms with van der Waals surface area (Å²) < 4.78 is 10.5. The average Bonchev–Trinajstić information content (AvgIpc) is 3.09. The second kappa shape index (κ2) is 7.98. The van der Waals surface area contributed by atoms with Gasteiger partial charge < -0.3 is 9.47 Å². The van der Waals surface area contributed by atoms with Crippen molar-refractivity contribution in [2.75, 3.05) is 0 Å². The summed E-state index contributed by atoms with van der Waals surface area (Å²) in [5.41, 5.74) is 4.23. The standard InChI is InChI=1S/C25H18O4/c1-17(26)28-23-9-5-6-18(15-23)14-22-16-24(29-25(22)27)21-12-10-20(11-13-21)19-7-3-2-4-8-19/h2-16H,1H3/b22-14+. The number of esters is 2. The van der Waals surface area contributed by atoms with Crippen LogP contribution in [0.3, 0.4) is 0 Å². The van der Waals surface area contributed by atoms with Crippen molar-refractivity contribution in [3.63, 3.8) is 0 Å². The molecule has 1 aliphatic heterocycles. The van der Waals surface area contributed by atoms with E-state index in [0.717, 1.165) is 22.3 Å². The van der Waals surface area contributed by atoms with Gasteiger partial charge in [0.05, 0.1) is 5.57 Å². The van der Waals surface area contributed by atoms with Gasteiger partial charge in [-0.2, -0.15) is 0 Å². The van der Waals surface area contributed by atoms with Crippen LogP contribution in [0.4, 0.5) is 0 Å². The Kier molecular flexibility index (Phi) is 5.08. The molecule has 0 atom stereocenters. The monoisotopic (exact) mass is 382 g/mol. The molecular formula is C25H18O4. The van der Waals surface area contributed by atoms with Crippen LogP contribution in [-0.4, -0.2) is 11.9 Å². The second-order valence-corrected chi connectivity index (χ2v) is 6.61. The summed E-state index contributed by atoms with van der Waals surface area (Å²) in [5, 5.41) is 0. The maximum absolute atomic E-state index is 12.3. The van der Waals surface area contributed by atoms with Gasteiger partial charge in [-0.15, -0.1) is 0 Å². The van der Waals surface area contributed by atoms with Crippen LogP contribution < -0.4 is 4.74 Å². The first-order valence-electron chi connectivity index (χ1n) is 9.18. The Hall–Kier alpha value is -3.92. The number of carbonyl (C=O) groups excluding carboxylic acids is 2. The lowest BCUT2D eigenvalue weighted by Gasteiger charge is -2.05. The van der Waals surface area contributed by atoms with Gasteiger partial charge in [-0.25, -0.2) is 4.79 Å². The number of benzene rings is 3. The second-order valence-electron chi connectivity index (χ2n) is 6.61. The van der Waals surface area contributed by atoms with Gasteiger partial charge in [0.2, 0.25) is 0 Å². The lowest BCUT2D eigenvalue weighted by Crippen LogP contribution is -2.01. The van der Waals surface area contributed by atoms with Crippen molar-refractivity contribution in [1.29, 1.82) is 0 Å². The van der Waals surface area contributed by atoms with Gasteiger partial charge in [0.25, 0.3) is 0 Å². The van der Waals surface area contributed by atoms with E-state index in [4.69, 9.17) is 9.47 Å². The zero-order valence-corrected chi connectivity index (χ0v) is 15.8. The Bertz CT molecular complexity index is 1120. The van der Waals surface area contributed by atoms with Crippen molar-refractivity contribution in [3.05, 3.63) is 102 Å². The highest BCUT2D eigenvalue weighted by Gasteiger charge is 2.22. The van der Waals surface area contributed by atoms with Crippen molar-refractivity contribution < 1.29 is 19.1 Å². The van der Waals surface area contributed by atoms with E-state index in [9.17, 15) is 9.59 Å². The Balaban J connectivity index is 1.58. The molecule has 0 fully saturated rings. The largest absolute Gasteiger partial charge is 0.427 e. The van der Waals surface area contributed by atoms with E-state index < -0.39 is 11.9 Å². The predicted octanol–water partition coefficient (Wildman–Crippen LogP) is 5.26. The lowest BCUT2D eigenvalue weighted by molar-refractivity contribution is -0.132. The molecule has 0 N–H and O–H groups in total. The zero-order valence-electron chi connectivity index (χ0n) is 15.8. The number of carbonyl (C=O) groups is 2. The Morgan fingerprint density at radius 1 is 0.862 bits per heavy atom. The highest BCUT2D eigenvalue weighted by Crippen LogP contribution is 2.29. The molecule has 0 aliphatic carbocycles. The summed E-state index contributed by atoms with van der Waals surface area (Å²) in [4.78, 5) is 23.4. The van der Waals surface area contributed by atoms with Crippen LogP contribution in [0.2, 0.25) is 0 Å². The molecule has 4 nitrogen and oxygen atoms in total. The van der Waals surface area contributed by atoms with Gasteiger partial charge in [0.15, 0.2) is 0 Å². The van der Waals surface area contributed by atoms with Gasteiger partial charge in [0, 0.05) is 12.5 Å². The van der Waals surface area contributed by atoms with Gasteiger partial charge >= 0.3 is 11.9 Å². The molecule has 0 aromatic heterocycles. The molecule has 0 bridgehead atoms. The molecule has 0 radical (unpaired) electrons. The van der Waals surface area contributed by atoms with Crippen LogP contribution in [0.5, 0.6) is 5.75 Å². The Morgan fingerprint density at radius 2 is 1.55 bits per heavy atom. The van der Waals surface area contributed by atoms with Crippen LogP contribution in [0, 0.1) is 0 Å². The van der Waals surface area contributed by atoms with Crippen molar-refractivity contribution in [3.8, 4) is 16.9 Å². The maximum atomic E-state index is 12.3. The molecule has 4 heteroatoms. The van der Waals surface area contributed by atoms with Crippen LogP contribution in [-0.2, 0) is 14.3 Å². The first kappa shape index (κ1) is 18.4. The number of hydrogen-bond acceptors (Lipinski definition) is 4. The van der Waals surface area contributed by atoms with Crippen LogP contribution in [0.15, 0.2) is 90.5 Å². The molecule has 0 saturated carbocycles. The molecule has 0 saturated heterocycles. The topological polar surface area (TPSA) is 52.6 Å². The SMILES string of the molecule is CC(=O)Oc1cccc(/C=C2\C=C(c3ccc(-c4ccccc4)cc3)OC2=O)c1. The predicted molar refractivity (Wildman–Crippen MR) is 112 cm³/mol. The first-order chi connectivity index (χ1) is 14.1. The molecule has 3 aromatic carbocycles. The average molecular weight is 382 g/mol. The van der Waals surface area contributed by atoms with E-state index in [1.165, 1.54) is 6.92 Å². The molecule has 3 aromatic rings. The third-order valence-corrected chi connectivity index (χ3v) is 4.44. The molecule has 1 heterocycles. The Morgan fingerprint density at radius 3 is 2.28 bits per heavy atom. The molecule has 0 spiro atoms. The van der Waals surface area contributed by atoms with Crippen molar-refractivity contribution in [2.45, 2.75) is 6.92 Å². The van der Waals surface area contributed by atoms with Gasteiger partial charge in [-0.3, -0.25) is 4.79 Å². The molecule has 29 heavy (non-hydrogen) atoms. The van der Waals surface area contributed by atoms with Crippen LogP contribution in [0.25, 0.3) is 23.0 Å². The van der Waals surface area contributed by atoms with E-state index in [1.807, 2.05) is 48.5 Å². The summed E-state index contributed by atoms with van der Waals surface area (Å²) in [5.74, 6) is 0.136. The highest BCUT2D eigenvalue weighted by atomic mass is 16.5. The zero-order chi connectivity index (χ0) is 20.2. The number of rotatable bonds is 4. The number of hydrogen-bond donors (Lipinski definition) is 0. The molecule has 1 aliphatic rings.